The molecule has 2 rings (SSSR count). The topological polar surface area (TPSA) is 71.0 Å². The van der Waals surface area contributed by atoms with E-state index < -0.39 is 0 Å². The summed E-state index contributed by atoms with van der Waals surface area (Å²) in [7, 11) is 1.82. The number of phenols is 1. The molecule has 5 nitrogen and oxygen atoms in total. The van der Waals surface area contributed by atoms with Crippen molar-refractivity contribution in [2.45, 2.75) is 11.8 Å². The van der Waals surface area contributed by atoms with Gasteiger partial charge in [0, 0.05) is 28.6 Å². The van der Waals surface area contributed by atoms with Crippen LogP contribution in [-0.2, 0) is 9.37 Å². The molecule has 2 aromatic carbocycles. The third-order valence-electron chi connectivity index (χ3n) is 2.76. The van der Waals surface area contributed by atoms with Gasteiger partial charge >= 0.3 is 0 Å². The van der Waals surface area contributed by atoms with Gasteiger partial charge in [-0.2, -0.15) is 0 Å². The summed E-state index contributed by atoms with van der Waals surface area (Å²) in [6, 6.07) is 7.53. The predicted octanol–water partition coefficient (Wildman–Crippen LogP) is 3.32. The van der Waals surface area contributed by atoms with Gasteiger partial charge < -0.3 is 10.4 Å². The van der Waals surface area contributed by atoms with Crippen LogP contribution in [0, 0.1) is 6.92 Å². The average Bonchev–Trinajstić information content (AvgIpc) is 2.41. The van der Waals surface area contributed by atoms with Crippen molar-refractivity contribution in [3.05, 3.63) is 29.8 Å². The van der Waals surface area contributed by atoms with Crippen molar-refractivity contribution in [2.24, 2.45) is 0 Å². The van der Waals surface area contributed by atoms with E-state index in [1.54, 1.807) is 6.92 Å². The van der Waals surface area contributed by atoms with Crippen LogP contribution < -0.4 is 5.32 Å². The fourth-order valence-corrected chi connectivity index (χ4v) is 2.25. The number of aromatic hydroxyl groups is 1. The first-order chi connectivity index (χ1) is 8.67. The second kappa shape index (κ2) is 5.45. The fourth-order valence-electron chi connectivity index (χ4n) is 1.75. The standard InChI is InChI=1S/C12H13NO4S/c1-7-11(18-17-16-15)5-8-3-4-9(13-2)6-10(8)12(7)14/h3-6,13-15H,1-2H3. The monoisotopic (exact) mass is 267 g/mol. The number of hydrogen-bond acceptors (Lipinski definition) is 6. The van der Waals surface area contributed by atoms with Gasteiger partial charge in [-0.15, -0.1) is 4.33 Å². The summed E-state index contributed by atoms with van der Waals surface area (Å²) in [6.45, 7) is 1.77. The second-order valence-corrected chi connectivity index (χ2v) is 4.50. The summed E-state index contributed by atoms with van der Waals surface area (Å²) in [6.07, 6.45) is 0. The van der Waals surface area contributed by atoms with Crippen molar-refractivity contribution in [2.75, 3.05) is 12.4 Å². The van der Waals surface area contributed by atoms with Gasteiger partial charge in [-0.1, -0.05) is 11.1 Å². The molecule has 0 fully saturated rings. The first kappa shape index (κ1) is 13.0. The SMILES string of the molecule is CNc1ccc2cc(SOOO)c(C)c(O)c2c1. The van der Waals surface area contributed by atoms with Crippen LogP contribution in [0.3, 0.4) is 0 Å². The quantitative estimate of drug-likeness (QED) is 0.448. The lowest BCUT2D eigenvalue weighted by Crippen LogP contribution is -1.90. The number of anilines is 1. The van der Waals surface area contributed by atoms with Crippen LogP contribution in [0.1, 0.15) is 5.56 Å². The molecular weight excluding hydrogens is 254 g/mol. The van der Waals surface area contributed by atoms with Gasteiger partial charge in [0.1, 0.15) is 5.75 Å². The van der Waals surface area contributed by atoms with E-state index in [1.165, 1.54) is 0 Å². The molecule has 6 heteroatoms. The van der Waals surface area contributed by atoms with Crippen LogP contribution in [0.4, 0.5) is 5.69 Å². The highest BCUT2D eigenvalue weighted by molar-refractivity contribution is 7.94. The number of hydrogen-bond donors (Lipinski definition) is 3. The molecule has 0 spiro atoms. The lowest BCUT2D eigenvalue weighted by atomic mass is 10.1. The third-order valence-corrected chi connectivity index (χ3v) is 3.50. The molecule has 0 bridgehead atoms. The van der Waals surface area contributed by atoms with Crippen molar-refractivity contribution >= 4 is 28.5 Å². The summed E-state index contributed by atoms with van der Waals surface area (Å²) in [5.41, 5.74) is 1.59. The summed E-state index contributed by atoms with van der Waals surface area (Å²) >= 11 is 0.838. The minimum atomic E-state index is 0.189. The molecule has 18 heavy (non-hydrogen) atoms. The van der Waals surface area contributed by atoms with Gasteiger partial charge in [-0.05, 0) is 30.5 Å². The lowest BCUT2D eigenvalue weighted by Gasteiger charge is -2.10. The van der Waals surface area contributed by atoms with E-state index in [0.717, 1.165) is 28.5 Å². The van der Waals surface area contributed by atoms with Gasteiger partial charge in [-0.3, -0.25) is 0 Å². The molecular formula is C12H13NO4S. The average molecular weight is 267 g/mol. The maximum Gasteiger partial charge on any atom is 0.127 e. The minimum absolute atomic E-state index is 0.189. The van der Waals surface area contributed by atoms with Crippen molar-refractivity contribution < 1.29 is 19.7 Å². The summed E-state index contributed by atoms with van der Waals surface area (Å²) in [5.74, 6) is 0.189. The zero-order valence-electron chi connectivity index (χ0n) is 9.93. The maximum absolute atomic E-state index is 10.2. The molecule has 0 saturated carbocycles. The van der Waals surface area contributed by atoms with Crippen molar-refractivity contribution in [3.63, 3.8) is 0 Å². The molecule has 0 amide bonds. The fraction of sp³-hybridized carbons (Fsp3) is 0.167. The normalized spacial score (nSPS) is 10.8. The molecule has 0 atom stereocenters. The lowest BCUT2D eigenvalue weighted by molar-refractivity contribution is -0.432. The Labute approximate surface area is 108 Å². The maximum atomic E-state index is 10.2. The molecule has 0 aliphatic heterocycles. The minimum Gasteiger partial charge on any atom is -0.507 e. The predicted molar refractivity (Wildman–Crippen MR) is 70.6 cm³/mol. The summed E-state index contributed by atoms with van der Waals surface area (Å²) in [4.78, 5) is 0.672. The summed E-state index contributed by atoms with van der Waals surface area (Å²) < 4.78 is 4.40. The molecule has 2 aromatic rings. The van der Waals surface area contributed by atoms with E-state index in [2.05, 4.69) is 14.7 Å². The molecule has 0 heterocycles. The Morgan fingerprint density at radius 3 is 2.72 bits per heavy atom. The first-order valence-corrected chi connectivity index (χ1v) is 6.00. The Kier molecular flexibility index (Phi) is 3.93. The molecule has 0 unspecified atom stereocenters. The van der Waals surface area contributed by atoms with E-state index in [-0.39, 0.29) is 5.75 Å². The first-order valence-electron chi connectivity index (χ1n) is 5.26. The van der Waals surface area contributed by atoms with Crippen LogP contribution in [0.15, 0.2) is 29.2 Å². The molecule has 96 valence electrons. The van der Waals surface area contributed by atoms with Crippen LogP contribution >= 0.6 is 12.0 Å². The van der Waals surface area contributed by atoms with Crippen LogP contribution in [0.5, 0.6) is 5.75 Å². The molecule has 0 radical (unpaired) electrons. The largest absolute Gasteiger partial charge is 0.507 e. The number of rotatable bonds is 4. The highest BCUT2D eigenvalue weighted by Gasteiger charge is 2.11. The Balaban J connectivity index is 2.55. The number of benzene rings is 2. The van der Waals surface area contributed by atoms with Crippen LogP contribution in [-0.4, -0.2) is 17.4 Å². The smallest absolute Gasteiger partial charge is 0.127 e. The number of nitrogens with one attached hydrogen (secondary N) is 1. The molecule has 0 aliphatic carbocycles. The van der Waals surface area contributed by atoms with Crippen molar-refractivity contribution in [1.29, 1.82) is 0 Å². The van der Waals surface area contributed by atoms with E-state index >= 15 is 0 Å². The zero-order valence-corrected chi connectivity index (χ0v) is 10.7. The Hall–Kier alpha value is -1.47. The van der Waals surface area contributed by atoms with E-state index in [1.807, 2.05) is 31.3 Å². The van der Waals surface area contributed by atoms with Gasteiger partial charge in [0.05, 0.1) is 12.0 Å². The van der Waals surface area contributed by atoms with Crippen LogP contribution in [0.25, 0.3) is 10.8 Å². The van der Waals surface area contributed by atoms with Gasteiger partial charge in [0.15, 0.2) is 0 Å². The van der Waals surface area contributed by atoms with E-state index in [4.69, 9.17) is 5.26 Å². The zero-order chi connectivity index (χ0) is 13.1. The van der Waals surface area contributed by atoms with Crippen molar-refractivity contribution in [1.82, 2.24) is 0 Å². The van der Waals surface area contributed by atoms with Gasteiger partial charge in [-0.25, -0.2) is 5.26 Å². The Bertz CT molecular complexity index is 573. The van der Waals surface area contributed by atoms with Crippen molar-refractivity contribution in [3.8, 4) is 5.75 Å². The number of phenolic OH excluding ortho intramolecular Hbond substituents is 1. The molecule has 0 aromatic heterocycles. The highest BCUT2D eigenvalue weighted by Crippen LogP contribution is 2.37. The summed E-state index contributed by atoms with van der Waals surface area (Å²) in [5, 5.41) is 26.5. The second-order valence-electron chi connectivity index (χ2n) is 3.76. The Morgan fingerprint density at radius 2 is 2.06 bits per heavy atom. The van der Waals surface area contributed by atoms with E-state index in [9.17, 15) is 5.11 Å². The molecule has 0 aliphatic rings. The number of fused-ring (bicyclic) bond motifs is 1. The highest BCUT2D eigenvalue weighted by atomic mass is 32.2. The molecule has 0 saturated heterocycles. The van der Waals surface area contributed by atoms with Gasteiger partial charge in [0.25, 0.3) is 0 Å². The third kappa shape index (κ3) is 2.37. The van der Waals surface area contributed by atoms with E-state index in [0.29, 0.717) is 10.5 Å². The van der Waals surface area contributed by atoms with Crippen LogP contribution in [0.2, 0.25) is 0 Å². The Morgan fingerprint density at radius 1 is 1.28 bits per heavy atom. The van der Waals surface area contributed by atoms with Gasteiger partial charge in [0.2, 0.25) is 0 Å². The molecule has 3 N–H and O–H groups in total.